The van der Waals surface area contributed by atoms with Crippen LogP contribution in [0, 0.1) is 0 Å². The van der Waals surface area contributed by atoms with E-state index < -0.39 is 10.1 Å². The lowest BCUT2D eigenvalue weighted by molar-refractivity contribution is 0.483. The minimum Gasteiger partial charge on any atom is -0.399 e. The van der Waals surface area contributed by atoms with Crippen LogP contribution in [0.3, 0.4) is 0 Å². The molecule has 7 nitrogen and oxygen atoms in total. The first-order valence-electron chi connectivity index (χ1n) is 5.36. The van der Waals surface area contributed by atoms with E-state index in [0.29, 0.717) is 5.69 Å². The van der Waals surface area contributed by atoms with Crippen molar-refractivity contribution in [2.24, 2.45) is 0 Å². The van der Waals surface area contributed by atoms with E-state index >= 15 is 0 Å². The minimum atomic E-state index is -4.23. The molecule has 2 heterocycles. The largest absolute Gasteiger partial charge is 0.399 e. The van der Waals surface area contributed by atoms with Gasteiger partial charge in [0.15, 0.2) is 0 Å². The molecule has 108 valence electrons. The first-order chi connectivity index (χ1) is 8.86. The highest BCUT2D eigenvalue weighted by Crippen LogP contribution is 2.27. The number of hydrogen-bond acceptors (Lipinski definition) is 6. The fourth-order valence-corrected chi connectivity index (χ4v) is 2.16. The summed E-state index contributed by atoms with van der Waals surface area (Å²) in [5, 5.41) is 3.11. The van der Waals surface area contributed by atoms with Gasteiger partial charge in [0, 0.05) is 17.1 Å². The lowest BCUT2D eigenvalue weighted by Crippen LogP contribution is -2.03. The van der Waals surface area contributed by atoms with Crippen molar-refractivity contribution in [2.45, 2.75) is 4.90 Å². The van der Waals surface area contributed by atoms with Gasteiger partial charge in [-0.25, -0.2) is 0 Å². The molecule has 0 saturated heterocycles. The summed E-state index contributed by atoms with van der Waals surface area (Å²) in [6.45, 7) is 0. The molecule has 0 spiro atoms. The van der Waals surface area contributed by atoms with Gasteiger partial charge >= 0.3 is 0 Å². The molecule has 0 aliphatic carbocycles. The topological polar surface area (TPSA) is 153 Å². The Kier molecular flexibility index (Phi) is 4.56. The van der Waals surface area contributed by atoms with E-state index in [1.165, 1.54) is 23.5 Å². The SMILES string of the molecule is N.Nc1ccc(S(=O)(=O)O)c(N)c1.c1cc2cc(c1)N2. The maximum absolute atomic E-state index is 10.6. The Bertz CT molecular complexity index is 692. The lowest BCUT2D eigenvalue weighted by Gasteiger charge is -2.15. The monoisotopic (exact) mass is 296 g/mol. The van der Waals surface area contributed by atoms with Crippen LogP contribution in [-0.2, 0) is 10.1 Å². The molecule has 0 radical (unpaired) electrons. The second-order valence-corrected chi connectivity index (χ2v) is 5.37. The highest BCUT2D eigenvalue weighted by atomic mass is 32.2. The summed E-state index contributed by atoms with van der Waals surface area (Å²) in [7, 11) is -4.23. The molecular formula is C12H16N4O3S. The Balaban J connectivity index is 0.000000212. The Morgan fingerprint density at radius 2 is 1.55 bits per heavy atom. The number of hydrogen-bond donors (Lipinski definition) is 5. The first-order valence-corrected chi connectivity index (χ1v) is 6.80. The molecule has 4 rings (SSSR count). The maximum Gasteiger partial charge on any atom is 0.296 e. The second-order valence-electron chi connectivity index (χ2n) is 3.98. The van der Waals surface area contributed by atoms with Gasteiger partial charge in [0.05, 0.1) is 5.69 Å². The van der Waals surface area contributed by atoms with Crippen LogP contribution in [0.5, 0.6) is 0 Å². The average molecular weight is 296 g/mol. The number of fused-ring (bicyclic) bond motifs is 2. The molecule has 20 heavy (non-hydrogen) atoms. The number of rotatable bonds is 1. The van der Waals surface area contributed by atoms with Crippen LogP contribution in [0.15, 0.2) is 47.4 Å². The van der Waals surface area contributed by atoms with Crippen LogP contribution >= 0.6 is 0 Å². The molecule has 9 N–H and O–H groups in total. The van der Waals surface area contributed by atoms with Gasteiger partial charge in [-0.05, 0) is 36.4 Å². The number of nitrogens with one attached hydrogen (secondary N) is 1. The molecule has 2 aromatic rings. The molecule has 2 aliphatic heterocycles. The summed E-state index contributed by atoms with van der Waals surface area (Å²) < 4.78 is 29.8. The highest BCUT2D eigenvalue weighted by molar-refractivity contribution is 7.86. The fourth-order valence-electron chi connectivity index (χ4n) is 1.57. The summed E-state index contributed by atoms with van der Waals surface area (Å²) in [4.78, 5) is -0.322. The van der Waals surface area contributed by atoms with Crippen molar-refractivity contribution in [3.05, 3.63) is 42.5 Å². The Labute approximate surface area is 116 Å². The van der Waals surface area contributed by atoms with E-state index in [-0.39, 0.29) is 16.7 Å². The molecule has 0 aromatic heterocycles. The van der Waals surface area contributed by atoms with E-state index in [1.54, 1.807) is 0 Å². The average Bonchev–Trinajstić information content (AvgIpc) is 2.28. The van der Waals surface area contributed by atoms with Gasteiger partial charge in [-0.3, -0.25) is 4.55 Å². The van der Waals surface area contributed by atoms with Gasteiger partial charge in [0.25, 0.3) is 10.1 Å². The third kappa shape index (κ3) is 3.60. The number of benzene rings is 2. The van der Waals surface area contributed by atoms with Crippen LogP contribution in [0.4, 0.5) is 22.7 Å². The van der Waals surface area contributed by atoms with Gasteiger partial charge in [-0.1, -0.05) is 6.07 Å². The Morgan fingerprint density at radius 3 is 1.85 bits per heavy atom. The van der Waals surface area contributed by atoms with Crippen LogP contribution < -0.4 is 22.9 Å². The van der Waals surface area contributed by atoms with Crippen LogP contribution in [-0.4, -0.2) is 13.0 Å². The third-order valence-electron chi connectivity index (χ3n) is 2.46. The molecule has 0 fully saturated rings. The molecule has 0 atom stereocenters. The predicted molar refractivity (Wildman–Crippen MR) is 79.8 cm³/mol. The predicted octanol–water partition coefficient (Wildman–Crippen LogP) is 2.00. The molecular weight excluding hydrogens is 280 g/mol. The van der Waals surface area contributed by atoms with E-state index in [0.717, 1.165) is 6.07 Å². The lowest BCUT2D eigenvalue weighted by atomic mass is 10.2. The Hall–Kier alpha value is -2.29. The summed E-state index contributed by atoms with van der Waals surface area (Å²) >= 11 is 0. The quantitative estimate of drug-likeness (QED) is 0.340. The minimum absolute atomic E-state index is 0. The second kappa shape index (κ2) is 5.78. The molecule has 0 saturated carbocycles. The van der Waals surface area contributed by atoms with Crippen molar-refractivity contribution in [1.82, 2.24) is 6.15 Å². The van der Waals surface area contributed by atoms with Crippen molar-refractivity contribution in [1.29, 1.82) is 0 Å². The highest BCUT2D eigenvalue weighted by Gasteiger charge is 2.12. The molecule has 0 unspecified atom stereocenters. The van der Waals surface area contributed by atoms with Gasteiger partial charge in [0.2, 0.25) is 0 Å². The molecule has 2 aromatic carbocycles. The van der Waals surface area contributed by atoms with E-state index in [1.807, 2.05) is 18.2 Å². The third-order valence-corrected chi connectivity index (χ3v) is 3.39. The summed E-state index contributed by atoms with van der Waals surface area (Å²) in [6.07, 6.45) is 0. The summed E-state index contributed by atoms with van der Waals surface area (Å²) in [5.74, 6) is 0. The molecule has 2 aliphatic rings. The smallest absolute Gasteiger partial charge is 0.296 e. The van der Waals surface area contributed by atoms with E-state index in [2.05, 4.69) is 11.4 Å². The maximum atomic E-state index is 10.6. The van der Waals surface area contributed by atoms with Crippen molar-refractivity contribution >= 4 is 32.9 Å². The standard InChI is InChI=1S/C6H8N2O3S.C6H5N.H3N/c7-4-1-2-6(5(8)3-4)12(9,10)11;1-2-5-4-6(3-1)7-5;/h1-3H,7-8H2,(H,9,10,11);1-4,7H;1H3. The first kappa shape index (κ1) is 15.8. The Morgan fingerprint density at radius 1 is 1.00 bits per heavy atom. The van der Waals surface area contributed by atoms with Crippen molar-refractivity contribution < 1.29 is 13.0 Å². The number of nitrogen functional groups attached to an aromatic ring is 2. The molecule has 8 heteroatoms. The van der Waals surface area contributed by atoms with E-state index in [4.69, 9.17) is 16.0 Å². The number of nitrogens with two attached hydrogens (primary N) is 2. The van der Waals surface area contributed by atoms with Crippen LogP contribution in [0.1, 0.15) is 0 Å². The van der Waals surface area contributed by atoms with Gasteiger partial charge < -0.3 is 22.9 Å². The molecule has 2 bridgehead atoms. The summed E-state index contributed by atoms with van der Waals surface area (Å²) in [5.41, 5.74) is 13.4. The zero-order valence-corrected chi connectivity index (χ0v) is 11.4. The van der Waals surface area contributed by atoms with Crippen molar-refractivity contribution in [3.8, 4) is 0 Å². The van der Waals surface area contributed by atoms with Gasteiger partial charge in [-0.2, -0.15) is 8.42 Å². The van der Waals surface area contributed by atoms with Gasteiger partial charge in [0.1, 0.15) is 4.90 Å². The normalized spacial score (nSPS) is 11.1. The van der Waals surface area contributed by atoms with Gasteiger partial charge in [-0.15, -0.1) is 0 Å². The van der Waals surface area contributed by atoms with Crippen molar-refractivity contribution in [2.75, 3.05) is 16.8 Å². The zero-order chi connectivity index (χ0) is 14.0. The number of anilines is 4. The van der Waals surface area contributed by atoms with Crippen LogP contribution in [0.2, 0.25) is 0 Å². The van der Waals surface area contributed by atoms with E-state index in [9.17, 15) is 8.42 Å². The molecule has 0 amide bonds. The zero-order valence-electron chi connectivity index (χ0n) is 10.6. The fraction of sp³-hybridized carbons (Fsp3) is 0. The van der Waals surface area contributed by atoms with Crippen molar-refractivity contribution in [3.63, 3.8) is 0 Å². The summed E-state index contributed by atoms with van der Waals surface area (Å²) in [6, 6.07) is 12.0. The van der Waals surface area contributed by atoms with Crippen LogP contribution in [0.25, 0.3) is 0 Å².